The Bertz CT molecular complexity index is 802. The van der Waals surface area contributed by atoms with E-state index in [9.17, 15) is 14.9 Å². The van der Waals surface area contributed by atoms with Crippen molar-refractivity contribution in [3.63, 3.8) is 0 Å². The lowest BCUT2D eigenvalue weighted by molar-refractivity contribution is -0.384. The molecule has 9 heteroatoms. The van der Waals surface area contributed by atoms with Crippen LogP contribution in [0, 0.1) is 10.1 Å². The molecule has 9 nitrogen and oxygen atoms in total. The number of nitrogens with two attached hydrogens (primary N) is 1. The van der Waals surface area contributed by atoms with Gasteiger partial charge in [0, 0.05) is 17.7 Å². The number of nitrogens with zero attached hydrogens (tertiary/aromatic N) is 2. The lowest BCUT2D eigenvalue weighted by Crippen LogP contribution is -2.26. The molecule has 0 aliphatic rings. The summed E-state index contributed by atoms with van der Waals surface area (Å²) in [6, 6.07) is 12.0. The Morgan fingerprint density at radius 2 is 1.69 bits per heavy atom. The highest BCUT2D eigenvalue weighted by Gasteiger charge is 2.17. The fraction of sp³-hybridized carbons (Fsp3) is 0.176. The van der Waals surface area contributed by atoms with Gasteiger partial charge in [-0.3, -0.25) is 10.1 Å². The molecular weight excluding hydrogens is 342 g/mol. The number of non-ortho nitro benzene ring substituents is 1. The zero-order valence-corrected chi connectivity index (χ0v) is 14.1. The van der Waals surface area contributed by atoms with Gasteiger partial charge >= 0.3 is 5.97 Å². The number of nitro groups is 1. The van der Waals surface area contributed by atoms with Crippen molar-refractivity contribution in [3.8, 4) is 11.5 Å². The Kier molecular flexibility index (Phi) is 6.10. The number of carbonyl (C=O) groups is 1. The highest BCUT2D eigenvalue weighted by molar-refractivity contribution is 5.97. The predicted molar refractivity (Wildman–Crippen MR) is 93.0 cm³/mol. The van der Waals surface area contributed by atoms with E-state index in [4.69, 9.17) is 20.0 Å². The minimum atomic E-state index is -0.920. The standard InChI is InChI=1S/C17H17N3O6/c1-11(25-15-9-7-14(24-2)8-10-15)17(21)26-19-16(18)12-3-5-13(6-4-12)20(22)23/h3-11H,1-2H3,(H2,18,19). The summed E-state index contributed by atoms with van der Waals surface area (Å²) in [5, 5.41) is 14.1. The molecule has 0 fully saturated rings. The first kappa shape index (κ1) is 18.7. The molecule has 0 heterocycles. The number of carbonyl (C=O) groups excluding carboxylic acids is 1. The second-order valence-corrected chi connectivity index (χ2v) is 5.13. The number of hydrogen-bond donors (Lipinski definition) is 1. The lowest BCUT2D eigenvalue weighted by Gasteiger charge is -2.12. The fourth-order valence-electron chi connectivity index (χ4n) is 1.88. The molecule has 0 saturated carbocycles. The number of benzene rings is 2. The number of hydrogen-bond acceptors (Lipinski definition) is 7. The van der Waals surface area contributed by atoms with Crippen LogP contribution in [-0.2, 0) is 9.63 Å². The van der Waals surface area contributed by atoms with Crippen LogP contribution in [0.5, 0.6) is 11.5 Å². The maximum atomic E-state index is 11.9. The van der Waals surface area contributed by atoms with Gasteiger partial charge in [-0.2, -0.15) is 0 Å². The Morgan fingerprint density at radius 3 is 2.23 bits per heavy atom. The first-order valence-electron chi connectivity index (χ1n) is 7.50. The average molecular weight is 359 g/mol. The van der Waals surface area contributed by atoms with Gasteiger partial charge in [-0.05, 0) is 43.3 Å². The summed E-state index contributed by atoms with van der Waals surface area (Å²) in [5.41, 5.74) is 6.00. The minimum Gasteiger partial charge on any atom is -0.497 e. The van der Waals surface area contributed by atoms with Crippen molar-refractivity contribution >= 4 is 17.5 Å². The van der Waals surface area contributed by atoms with E-state index in [1.807, 2.05) is 0 Å². The van der Waals surface area contributed by atoms with E-state index in [1.165, 1.54) is 31.2 Å². The van der Waals surface area contributed by atoms with Gasteiger partial charge in [0.2, 0.25) is 0 Å². The van der Waals surface area contributed by atoms with Crippen molar-refractivity contribution in [1.82, 2.24) is 0 Å². The van der Waals surface area contributed by atoms with Gasteiger partial charge < -0.3 is 20.0 Å². The molecule has 0 aliphatic carbocycles. The van der Waals surface area contributed by atoms with Crippen LogP contribution in [-0.4, -0.2) is 29.9 Å². The van der Waals surface area contributed by atoms with E-state index in [1.54, 1.807) is 31.4 Å². The van der Waals surface area contributed by atoms with Gasteiger partial charge in [0.1, 0.15) is 11.5 Å². The predicted octanol–water partition coefficient (Wildman–Crippen LogP) is 2.23. The Balaban J connectivity index is 1.94. The summed E-state index contributed by atoms with van der Waals surface area (Å²) < 4.78 is 10.5. The summed E-state index contributed by atoms with van der Waals surface area (Å²) in [7, 11) is 1.54. The first-order valence-corrected chi connectivity index (χ1v) is 7.50. The Labute approximate surface area is 149 Å². The molecular formula is C17H17N3O6. The van der Waals surface area contributed by atoms with Crippen molar-refractivity contribution in [3.05, 3.63) is 64.2 Å². The molecule has 2 N–H and O–H groups in total. The van der Waals surface area contributed by atoms with Crippen LogP contribution < -0.4 is 15.2 Å². The molecule has 0 aliphatic heterocycles. The normalized spacial score (nSPS) is 12.2. The summed E-state index contributed by atoms with van der Waals surface area (Å²) in [6.45, 7) is 1.50. The topological polar surface area (TPSA) is 126 Å². The third kappa shape index (κ3) is 4.94. The number of oxime groups is 1. The Hall–Kier alpha value is -3.62. The molecule has 1 atom stereocenters. The van der Waals surface area contributed by atoms with E-state index in [0.717, 1.165) is 0 Å². The second kappa shape index (κ2) is 8.47. The molecule has 0 aromatic heterocycles. The minimum absolute atomic E-state index is 0.0833. The highest BCUT2D eigenvalue weighted by Crippen LogP contribution is 2.18. The molecule has 2 aromatic carbocycles. The lowest BCUT2D eigenvalue weighted by atomic mass is 10.2. The third-order valence-corrected chi connectivity index (χ3v) is 3.31. The van der Waals surface area contributed by atoms with Crippen molar-refractivity contribution in [1.29, 1.82) is 0 Å². The van der Waals surface area contributed by atoms with Crippen molar-refractivity contribution in [2.45, 2.75) is 13.0 Å². The van der Waals surface area contributed by atoms with E-state index < -0.39 is 17.0 Å². The van der Waals surface area contributed by atoms with Crippen LogP contribution >= 0.6 is 0 Å². The largest absolute Gasteiger partial charge is 0.497 e. The van der Waals surface area contributed by atoms with Crippen LogP contribution in [0.25, 0.3) is 0 Å². The van der Waals surface area contributed by atoms with Gasteiger partial charge in [0.15, 0.2) is 11.9 Å². The summed E-state index contributed by atoms with van der Waals surface area (Å²) in [6.07, 6.45) is -0.920. The number of nitro benzene ring substituents is 1. The quantitative estimate of drug-likeness (QED) is 0.264. The van der Waals surface area contributed by atoms with Gasteiger partial charge in [-0.15, -0.1) is 0 Å². The maximum absolute atomic E-state index is 11.9. The monoisotopic (exact) mass is 359 g/mol. The van der Waals surface area contributed by atoms with E-state index in [2.05, 4.69) is 5.16 Å². The van der Waals surface area contributed by atoms with Crippen LogP contribution in [0.4, 0.5) is 5.69 Å². The summed E-state index contributed by atoms with van der Waals surface area (Å²) in [4.78, 5) is 26.8. The van der Waals surface area contributed by atoms with Gasteiger partial charge in [-0.1, -0.05) is 5.16 Å². The smallest absolute Gasteiger partial charge is 0.374 e. The molecule has 26 heavy (non-hydrogen) atoms. The van der Waals surface area contributed by atoms with E-state index in [0.29, 0.717) is 17.1 Å². The van der Waals surface area contributed by atoms with Crippen molar-refractivity contribution in [2.75, 3.05) is 7.11 Å². The SMILES string of the molecule is COc1ccc(OC(C)C(=O)ON=C(N)c2ccc([N+](=O)[O-])cc2)cc1. The summed E-state index contributed by atoms with van der Waals surface area (Å²) >= 11 is 0. The third-order valence-electron chi connectivity index (χ3n) is 3.31. The zero-order chi connectivity index (χ0) is 19.1. The Morgan fingerprint density at radius 1 is 1.12 bits per heavy atom. The van der Waals surface area contributed by atoms with Crippen molar-refractivity contribution < 1.29 is 24.0 Å². The zero-order valence-electron chi connectivity index (χ0n) is 14.1. The van der Waals surface area contributed by atoms with Crippen LogP contribution in [0.15, 0.2) is 53.7 Å². The number of rotatable bonds is 7. The second-order valence-electron chi connectivity index (χ2n) is 5.13. The van der Waals surface area contributed by atoms with Crippen LogP contribution in [0.3, 0.4) is 0 Å². The average Bonchev–Trinajstić information content (AvgIpc) is 2.66. The molecule has 0 bridgehead atoms. The molecule has 1 unspecified atom stereocenters. The molecule has 0 amide bonds. The molecule has 2 rings (SSSR count). The molecule has 0 radical (unpaired) electrons. The van der Waals surface area contributed by atoms with Gasteiger partial charge in [-0.25, -0.2) is 4.79 Å². The summed E-state index contributed by atoms with van der Waals surface area (Å²) in [5.74, 6) is 0.284. The molecule has 2 aromatic rings. The van der Waals surface area contributed by atoms with Crippen molar-refractivity contribution in [2.24, 2.45) is 10.9 Å². The van der Waals surface area contributed by atoms with Crippen LogP contribution in [0.1, 0.15) is 12.5 Å². The van der Waals surface area contributed by atoms with Gasteiger partial charge in [0.25, 0.3) is 5.69 Å². The number of ether oxygens (including phenoxy) is 2. The number of amidine groups is 1. The van der Waals surface area contributed by atoms with Crippen LogP contribution in [0.2, 0.25) is 0 Å². The van der Waals surface area contributed by atoms with E-state index >= 15 is 0 Å². The maximum Gasteiger partial charge on any atom is 0.374 e. The molecule has 136 valence electrons. The fourth-order valence-corrected chi connectivity index (χ4v) is 1.88. The van der Waals surface area contributed by atoms with E-state index in [-0.39, 0.29) is 11.5 Å². The van der Waals surface area contributed by atoms with Gasteiger partial charge in [0.05, 0.1) is 12.0 Å². The first-order chi connectivity index (χ1) is 12.4. The molecule has 0 saturated heterocycles. The molecule has 0 spiro atoms. The number of methoxy groups -OCH3 is 1. The highest BCUT2D eigenvalue weighted by atomic mass is 16.7.